The van der Waals surface area contributed by atoms with E-state index in [4.69, 9.17) is 4.74 Å². The third-order valence-electron chi connectivity index (χ3n) is 6.68. The van der Waals surface area contributed by atoms with E-state index in [-0.39, 0.29) is 0 Å². The van der Waals surface area contributed by atoms with Crippen molar-refractivity contribution in [2.75, 3.05) is 0 Å². The van der Waals surface area contributed by atoms with Gasteiger partial charge < -0.3 is 4.74 Å². The first-order valence-electron chi connectivity index (χ1n) is 6.06. The highest BCUT2D eigenvalue weighted by Gasteiger charge is 2.87. The van der Waals surface area contributed by atoms with E-state index in [1.54, 1.807) is 0 Å². The Bertz CT molecular complexity index is 401. The minimum absolute atomic E-state index is 0.466. The third kappa shape index (κ3) is 0.325. The second-order valence-electron chi connectivity index (χ2n) is 6.39. The molecule has 7 fully saturated rings. The standard InChI is InChI=1S/C12H12O2/c13-3-1-2-4-7-6(3)9-5(2)11-8(4)10(7)12(9)14-11/h2,4-12H,1H2. The van der Waals surface area contributed by atoms with E-state index in [1.165, 1.54) is 0 Å². The molecule has 10 atom stereocenters. The van der Waals surface area contributed by atoms with Crippen molar-refractivity contribution in [1.29, 1.82) is 0 Å². The van der Waals surface area contributed by atoms with Crippen LogP contribution in [0, 0.1) is 47.3 Å². The molecule has 14 heavy (non-hydrogen) atoms. The molecule has 5 aliphatic carbocycles. The van der Waals surface area contributed by atoms with Gasteiger partial charge in [-0.1, -0.05) is 0 Å². The molecule has 4 bridgehead atoms. The molecule has 72 valence electrons. The minimum atomic E-state index is 0.466. The first kappa shape index (κ1) is 6.26. The fourth-order valence-electron chi connectivity index (χ4n) is 6.86. The fraction of sp³-hybridized carbons (Fsp3) is 0.917. The van der Waals surface area contributed by atoms with Crippen molar-refractivity contribution >= 4 is 5.78 Å². The van der Waals surface area contributed by atoms with Gasteiger partial charge in [0.05, 0.1) is 12.2 Å². The Labute approximate surface area is 82.0 Å². The molecular weight excluding hydrogens is 176 g/mol. The van der Waals surface area contributed by atoms with Crippen molar-refractivity contribution in [2.45, 2.75) is 18.6 Å². The zero-order valence-corrected chi connectivity index (χ0v) is 7.80. The topological polar surface area (TPSA) is 26.3 Å². The Hall–Kier alpha value is -0.370. The third-order valence-corrected chi connectivity index (χ3v) is 6.68. The maximum Gasteiger partial charge on any atom is 0.136 e. The van der Waals surface area contributed by atoms with Gasteiger partial charge in [0.1, 0.15) is 5.78 Å². The van der Waals surface area contributed by atoms with Gasteiger partial charge in [0.15, 0.2) is 0 Å². The normalized spacial score (nSPS) is 83.3. The van der Waals surface area contributed by atoms with Crippen LogP contribution in [0.4, 0.5) is 0 Å². The molecule has 7 aliphatic rings. The maximum atomic E-state index is 12.0. The molecular formula is C12H12O2. The van der Waals surface area contributed by atoms with E-state index in [1.807, 2.05) is 0 Å². The van der Waals surface area contributed by atoms with E-state index in [2.05, 4.69) is 0 Å². The van der Waals surface area contributed by atoms with Gasteiger partial charge in [-0.2, -0.15) is 0 Å². The SMILES string of the molecule is O=C1CC2C3C4OC5C3C1C1C2C4C51. The van der Waals surface area contributed by atoms with E-state index < -0.39 is 0 Å². The maximum absolute atomic E-state index is 12.0. The molecule has 2 heteroatoms. The van der Waals surface area contributed by atoms with Gasteiger partial charge in [-0.25, -0.2) is 0 Å². The molecule has 0 radical (unpaired) electrons. The molecule has 0 N–H and O–H groups in total. The summed E-state index contributed by atoms with van der Waals surface area (Å²) < 4.78 is 6.14. The van der Waals surface area contributed by atoms with Gasteiger partial charge >= 0.3 is 0 Å². The predicted octanol–water partition coefficient (Wildman–Crippen LogP) is 0.711. The van der Waals surface area contributed by atoms with E-state index >= 15 is 0 Å². The number of hydrogen-bond donors (Lipinski definition) is 0. The van der Waals surface area contributed by atoms with Crippen LogP contribution in [0.5, 0.6) is 0 Å². The van der Waals surface area contributed by atoms with Crippen LogP contribution in [-0.2, 0) is 9.53 Å². The van der Waals surface area contributed by atoms with Crippen LogP contribution in [0.2, 0.25) is 0 Å². The molecule has 0 aromatic carbocycles. The Kier molecular flexibility index (Phi) is 0.637. The minimum Gasteiger partial charge on any atom is -0.374 e. The van der Waals surface area contributed by atoms with Crippen molar-refractivity contribution in [1.82, 2.24) is 0 Å². The van der Waals surface area contributed by atoms with E-state index in [9.17, 15) is 4.79 Å². The lowest BCUT2D eigenvalue weighted by Crippen LogP contribution is -2.54. The molecule has 2 nitrogen and oxygen atoms in total. The molecule has 0 aromatic heterocycles. The zero-order valence-electron chi connectivity index (χ0n) is 7.80. The summed E-state index contributed by atoms with van der Waals surface area (Å²) in [6, 6.07) is 0. The fourth-order valence-corrected chi connectivity index (χ4v) is 6.86. The van der Waals surface area contributed by atoms with Crippen LogP contribution in [0.1, 0.15) is 6.42 Å². The summed E-state index contributed by atoms with van der Waals surface area (Å²) in [4.78, 5) is 12.0. The van der Waals surface area contributed by atoms with Gasteiger partial charge in [-0.3, -0.25) is 4.79 Å². The highest BCUT2D eigenvalue weighted by molar-refractivity contribution is 5.86. The molecule has 5 saturated carbocycles. The first-order chi connectivity index (χ1) is 6.88. The Morgan fingerprint density at radius 3 is 2.64 bits per heavy atom. The van der Waals surface area contributed by atoms with E-state index in [0.717, 1.165) is 41.9 Å². The summed E-state index contributed by atoms with van der Waals surface area (Å²) in [5.41, 5.74) is 0. The summed E-state index contributed by atoms with van der Waals surface area (Å²) in [6.45, 7) is 0. The number of ether oxygens (including phenoxy) is 1. The number of fused-ring (bicyclic) bond motifs is 1. The van der Waals surface area contributed by atoms with E-state index in [0.29, 0.717) is 29.8 Å². The van der Waals surface area contributed by atoms with Crippen molar-refractivity contribution in [3.8, 4) is 0 Å². The highest BCUT2D eigenvalue weighted by atomic mass is 16.5. The Morgan fingerprint density at radius 1 is 0.929 bits per heavy atom. The number of carbonyl (C=O) groups excluding carboxylic acids is 1. The molecule has 0 aromatic rings. The van der Waals surface area contributed by atoms with Crippen LogP contribution in [0.25, 0.3) is 0 Å². The Morgan fingerprint density at radius 2 is 1.71 bits per heavy atom. The number of Topliss-reactive ketones (excluding diaryl/α,β-unsaturated/α-hetero) is 1. The second-order valence-corrected chi connectivity index (χ2v) is 6.39. The monoisotopic (exact) mass is 188 g/mol. The van der Waals surface area contributed by atoms with Crippen LogP contribution >= 0.6 is 0 Å². The van der Waals surface area contributed by atoms with Crippen molar-refractivity contribution in [2.24, 2.45) is 47.3 Å². The summed E-state index contributed by atoms with van der Waals surface area (Å²) >= 11 is 0. The smallest absolute Gasteiger partial charge is 0.136 e. The lowest BCUT2D eigenvalue weighted by atomic mass is 9.50. The highest BCUT2D eigenvalue weighted by Crippen LogP contribution is 2.83. The first-order valence-corrected chi connectivity index (χ1v) is 6.06. The van der Waals surface area contributed by atoms with Gasteiger partial charge in [-0.15, -0.1) is 0 Å². The quantitative estimate of drug-likeness (QED) is 0.559. The Balaban J connectivity index is 1.76. The van der Waals surface area contributed by atoms with Crippen LogP contribution < -0.4 is 0 Å². The second kappa shape index (κ2) is 1.42. The summed E-state index contributed by atoms with van der Waals surface area (Å²) in [5, 5.41) is 0. The van der Waals surface area contributed by atoms with Gasteiger partial charge in [0.2, 0.25) is 0 Å². The molecule has 0 amide bonds. The van der Waals surface area contributed by atoms with Crippen molar-refractivity contribution < 1.29 is 9.53 Å². The summed E-state index contributed by atoms with van der Waals surface area (Å²) in [7, 11) is 0. The molecule has 2 aliphatic heterocycles. The van der Waals surface area contributed by atoms with Gasteiger partial charge in [-0.05, 0) is 35.5 Å². The largest absolute Gasteiger partial charge is 0.374 e. The average molecular weight is 188 g/mol. The van der Waals surface area contributed by atoms with Gasteiger partial charge in [0.25, 0.3) is 0 Å². The molecule has 0 spiro atoms. The number of hydrogen-bond acceptors (Lipinski definition) is 2. The van der Waals surface area contributed by atoms with Crippen LogP contribution in [0.3, 0.4) is 0 Å². The van der Waals surface area contributed by atoms with Crippen molar-refractivity contribution in [3.05, 3.63) is 0 Å². The molecule has 2 saturated heterocycles. The average Bonchev–Trinajstić information content (AvgIpc) is 2.64. The number of rotatable bonds is 0. The summed E-state index contributed by atoms with van der Waals surface area (Å²) in [5.74, 6) is 6.83. The van der Waals surface area contributed by atoms with Crippen LogP contribution in [-0.4, -0.2) is 18.0 Å². The predicted molar refractivity (Wildman–Crippen MR) is 46.2 cm³/mol. The van der Waals surface area contributed by atoms with Gasteiger partial charge in [0, 0.05) is 18.3 Å². The molecule has 7 rings (SSSR count). The number of carbonyl (C=O) groups is 1. The molecule has 2 heterocycles. The number of ketones is 1. The lowest BCUT2D eigenvalue weighted by Gasteiger charge is -2.53. The molecule has 10 unspecified atom stereocenters. The zero-order chi connectivity index (χ0) is 8.77. The van der Waals surface area contributed by atoms with Crippen LogP contribution in [0.15, 0.2) is 0 Å². The van der Waals surface area contributed by atoms with Crippen molar-refractivity contribution in [3.63, 3.8) is 0 Å². The summed E-state index contributed by atoms with van der Waals surface area (Å²) in [6.07, 6.45) is 2.07. The lowest BCUT2D eigenvalue weighted by molar-refractivity contribution is -0.146.